The fourth-order valence-electron chi connectivity index (χ4n) is 4.73. The van der Waals surface area contributed by atoms with Crippen molar-refractivity contribution in [3.05, 3.63) is 63.8 Å². The lowest BCUT2D eigenvalue weighted by Gasteiger charge is -2.21. The third kappa shape index (κ3) is 6.53. The van der Waals surface area contributed by atoms with Gasteiger partial charge in [0.2, 0.25) is 5.91 Å². The quantitative estimate of drug-likeness (QED) is 0.377. The van der Waals surface area contributed by atoms with Crippen LogP contribution in [0.3, 0.4) is 0 Å². The van der Waals surface area contributed by atoms with E-state index in [1.54, 1.807) is 13.3 Å². The van der Waals surface area contributed by atoms with Gasteiger partial charge in [-0.3, -0.25) is 9.48 Å². The van der Waals surface area contributed by atoms with Crippen molar-refractivity contribution in [3.8, 4) is 11.8 Å². The summed E-state index contributed by atoms with van der Waals surface area (Å²) in [6.45, 7) is 5.39. The monoisotopic (exact) mass is 535 g/mol. The Hall–Kier alpha value is -3.84. The standard InChI is InChI=1S/C28H33N5O4S/c1-4-33-21(10-11-31-33)16-30-28(35)37-17-19-8-9-23-24(15-29)27(38-25(23)13-19)32-26(34)12-18(2)20-6-5-7-22(14-20)36-3/h5-7,10-11,14,18-19H,4,8-9,12-13,16-17H2,1-3H3,(H,30,35)(H,32,34). The normalized spacial score (nSPS) is 15.2. The molecule has 2 N–H and O–H groups in total. The molecule has 0 saturated carbocycles. The maximum atomic E-state index is 12.8. The van der Waals surface area contributed by atoms with Gasteiger partial charge < -0.3 is 20.1 Å². The Morgan fingerprint density at radius 3 is 2.95 bits per heavy atom. The number of hydrogen-bond acceptors (Lipinski definition) is 7. The van der Waals surface area contributed by atoms with E-state index in [0.29, 0.717) is 36.6 Å². The van der Waals surface area contributed by atoms with Gasteiger partial charge in [-0.05, 0) is 67.3 Å². The summed E-state index contributed by atoms with van der Waals surface area (Å²) in [5.74, 6) is 0.792. The summed E-state index contributed by atoms with van der Waals surface area (Å²) in [5, 5.41) is 20.4. The van der Waals surface area contributed by atoms with Crippen molar-refractivity contribution in [2.45, 2.75) is 58.5 Å². The Bertz CT molecular complexity index is 1320. The highest BCUT2D eigenvalue weighted by Crippen LogP contribution is 2.39. The molecule has 0 fully saturated rings. The van der Waals surface area contributed by atoms with E-state index in [0.717, 1.165) is 46.8 Å². The molecule has 0 spiro atoms. The maximum Gasteiger partial charge on any atom is 0.407 e. The molecule has 2 atom stereocenters. The molecule has 2 amide bonds. The third-order valence-electron chi connectivity index (χ3n) is 6.85. The predicted molar refractivity (Wildman–Crippen MR) is 145 cm³/mol. The van der Waals surface area contributed by atoms with Gasteiger partial charge in [0, 0.05) is 24.0 Å². The molecule has 2 aromatic heterocycles. The number of nitrogens with one attached hydrogen (secondary N) is 2. The van der Waals surface area contributed by atoms with Gasteiger partial charge in [0.25, 0.3) is 0 Å². The van der Waals surface area contributed by atoms with E-state index < -0.39 is 6.09 Å². The van der Waals surface area contributed by atoms with Gasteiger partial charge in [-0.25, -0.2) is 4.79 Å². The molecule has 0 radical (unpaired) electrons. The molecule has 9 nitrogen and oxygen atoms in total. The van der Waals surface area contributed by atoms with Crippen molar-refractivity contribution in [1.29, 1.82) is 5.26 Å². The number of anilines is 1. The van der Waals surface area contributed by atoms with Gasteiger partial charge in [0.05, 0.1) is 31.5 Å². The van der Waals surface area contributed by atoms with Crippen molar-refractivity contribution >= 4 is 28.3 Å². The minimum absolute atomic E-state index is 0.000397. The molecular weight excluding hydrogens is 502 g/mol. The fraction of sp³-hybridized carbons (Fsp3) is 0.429. The maximum absolute atomic E-state index is 12.8. The van der Waals surface area contributed by atoms with E-state index in [1.165, 1.54) is 11.3 Å². The zero-order chi connectivity index (χ0) is 27.1. The fourth-order valence-corrected chi connectivity index (χ4v) is 6.06. The first kappa shape index (κ1) is 27.2. The largest absolute Gasteiger partial charge is 0.497 e. The van der Waals surface area contributed by atoms with Gasteiger partial charge in [-0.2, -0.15) is 10.4 Å². The zero-order valence-corrected chi connectivity index (χ0v) is 22.8. The van der Waals surface area contributed by atoms with Gasteiger partial charge in [-0.1, -0.05) is 19.1 Å². The van der Waals surface area contributed by atoms with Gasteiger partial charge in [0.15, 0.2) is 0 Å². The second kappa shape index (κ2) is 12.6. The first-order valence-corrected chi connectivity index (χ1v) is 13.6. The molecule has 3 aromatic rings. The molecule has 10 heteroatoms. The number of ether oxygens (including phenoxy) is 2. The van der Waals surface area contributed by atoms with Crippen LogP contribution in [0, 0.1) is 17.2 Å². The number of methoxy groups -OCH3 is 1. The number of benzene rings is 1. The van der Waals surface area contributed by atoms with Crippen molar-refractivity contribution in [3.63, 3.8) is 0 Å². The Balaban J connectivity index is 1.30. The number of amides is 2. The van der Waals surface area contributed by atoms with Gasteiger partial charge >= 0.3 is 6.09 Å². The van der Waals surface area contributed by atoms with Crippen molar-refractivity contribution in [1.82, 2.24) is 15.1 Å². The number of aryl methyl sites for hydroxylation is 1. The van der Waals surface area contributed by atoms with E-state index >= 15 is 0 Å². The molecule has 2 heterocycles. The zero-order valence-electron chi connectivity index (χ0n) is 22.0. The topological polar surface area (TPSA) is 118 Å². The van der Waals surface area contributed by atoms with E-state index in [2.05, 4.69) is 21.8 Å². The van der Waals surface area contributed by atoms with Crippen molar-refractivity contribution in [2.24, 2.45) is 5.92 Å². The molecule has 2 unspecified atom stereocenters. The molecule has 1 aromatic carbocycles. The summed E-state index contributed by atoms with van der Waals surface area (Å²) in [4.78, 5) is 26.1. The smallest absolute Gasteiger partial charge is 0.407 e. The summed E-state index contributed by atoms with van der Waals surface area (Å²) in [7, 11) is 1.62. The number of thiophene rings is 1. The van der Waals surface area contributed by atoms with Gasteiger partial charge in [-0.15, -0.1) is 11.3 Å². The summed E-state index contributed by atoms with van der Waals surface area (Å²) in [6, 6.07) is 11.9. The number of carbonyl (C=O) groups is 2. The molecule has 0 aliphatic heterocycles. The molecule has 1 aliphatic rings. The molecular formula is C28H33N5O4S. The molecule has 4 rings (SSSR count). The lowest BCUT2D eigenvalue weighted by Crippen LogP contribution is -2.28. The SMILES string of the molecule is CCn1nccc1CNC(=O)OCC1CCc2c(sc(NC(=O)CC(C)c3cccc(OC)c3)c2C#N)C1. The van der Waals surface area contributed by atoms with Crippen LogP contribution in [0.5, 0.6) is 5.75 Å². The van der Waals surface area contributed by atoms with Crippen molar-refractivity contribution < 1.29 is 19.1 Å². The van der Waals surface area contributed by atoms with Crippen LogP contribution in [-0.2, 0) is 35.5 Å². The first-order chi connectivity index (χ1) is 18.4. The Morgan fingerprint density at radius 2 is 2.18 bits per heavy atom. The number of nitriles is 1. The Labute approximate surface area is 226 Å². The van der Waals surface area contributed by atoms with Crippen LogP contribution in [0.2, 0.25) is 0 Å². The van der Waals surface area contributed by atoms with Crippen LogP contribution in [0.15, 0.2) is 36.5 Å². The van der Waals surface area contributed by atoms with E-state index in [9.17, 15) is 14.9 Å². The van der Waals surface area contributed by atoms with Crippen molar-refractivity contribution in [2.75, 3.05) is 19.0 Å². The first-order valence-electron chi connectivity index (χ1n) is 12.8. The highest BCUT2D eigenvalue weighted by molar-refractivity contribution is 7.16. The number of rotatable bonds is 10. The van der Waals surface area contributed by atoms with Crippen LogP contribution in [-0.4, -0.2) is 35.5 Å². The van der Waals surface area contributed by atoms with E-state index in [4.69, 9.17) is 9.47 Å². The predicted octanol–water partition coefficient (Wildman–Crippen LogP) is 5.01. The third-order valence-corrected chi connectivity index (χ3v) is 8.02. The molecule has 0 bridgehead atoms. The average Bonchev–Trinajstić information content (AvgIpc) is 3.53. The Morgan fingerprint density at radius 1 is 1.34 bits per heavy atom. The molecule has 200 valence electrons. The second-order valence-electron chi connectivity index (χ2n) is 9.45. The van der Waals surface area contributed by atoms with Crippen LogP contribution in [0.1, 0.15) is 59.9 Å². The summed E-state index contributed by atoms with van der Waals surface area (Å²) in [5.41, 5.74) is 3.49. The highest BCUT2D eigenvalue weighted by atomic mass is 32.1. The molecule has 1 aliphatic carbocycles. The van der Waals surface area contributed by atoms with E-state index in [1.807, 2.05) is 48.9 Å². The lowest BCUT2D eigenvalue weighted by molar-refractivity contribution is -0.116. The Kier molecular flexibility index (Phi) is 9.02. The molecule has 0 saturated heterocycles. The number of hydrogen-bond donors (Lipinski definition) is 2. The number of carbonyl (C=O) groups excluding carboxylic acids is 2. The minimum Gasteiger partial charge on any atom is -0.497 e. The lowest BCUT2D eigenvalue weighted by atomic mass is 9.88. The number of fused-ring (bicyclic) bond motifs is 1. The highest BCUT2D eigenvalue weighted by Gasteiger charge is 2.27. The minimum atomic E-state index is -0.457. The van der Waals surface area contributed by atoms with Crippen LogP contribution in [0.25, 0.3) is 0 Å². The summed E-state index contributed by atoms with van der Waals surface area (Å²) < 4.78 is 12.6. The van der Waals surface area contributed by atoms with Crippen LogP contribution in [0.4, 0.5) is 9.80 Å². The average molecular weight is 536 g/mol. The summed E-state index contributed by atoms with van der Waals surface area (Å²) >= 11 is 1.45. The van der Waals surface area contributed by atoms with Crippen LogP contribution >= 0.6 is 11.3 Å². The molecule has 38 heavy (non-hydrogen) atoms. The second-order valence-corrected chi connectivity index (χ2v) is 10.6. The number of alkyl carbamates (subject to hydrolysis) is 1. The van der Waals surface area contributed by atoms with E-state index in [-0.39, 0.29) is 17.7 Å². The number of nitrogens with zero attached hydrogens (tertiary/aromatic N) is 3. The summed E-state index contributed by atoms with van der Waals surface area (Å²) in [6.07, 6.45) is 3.79. The van der Waals surface area contributed by atoms with Crippen LogP contribution < -0.4 is 15.4 Å². The number of aromatic nitrogens is 2. The van der Waals surface area contributed by atoms with Gasteiger partial charge in [0.1, 0.15) is 16.8 Å².